The molecule has 1 unspecified atom stereocenters. The Morgan fingerprint density at radius 3 is 2.32 bits per heavy atom. The normalized spacial score (nSPS) is 13.9. The predicted molar refractivity (Wildman–Crippen MR) is 76.0 cm³/mol. The second kappa shape index (κ2) is 7.69. The number of alkyl carbamates (subject to hydrolysis) is 1. The zero-order valence-corrected chi connectivity index (χ0v) is 13.3. The van der Waals surface area contributed by atoms with E-state index in [0.717, 1.165) is 0 Å². The lowest BCUT2D eigenvalue weighted by Crippen LogP contribution is -2.36. The minimum absolute atomic E-state index is 0.0865. The molecule has 0 aromatic rings. The van der Waals surface area contributed by atoms with Crippen LogP contribution in [-0.4, -0.2) is 51.3 Å². The molecule has 0 radical (unpaired) electrons. The van der Waals surface area contributed by atoms with E-state index in [9.17, 15) is 13.2 Å². The topological polar surface area (TPSA) is 84.5 Å². The molecule has 0 saturated carbocycles. The molecule has 7 heteroatoms. The molecule has 114 valence electrons. The molecule has 0 rings (SSSR count). The molecule has 0 aliphatic rings. The molecule has 0 bridgehead atoms. The lowest BCUT2D eigenvalue weighted by atomic mass is 10.2. The van der Waals surface area contributed by atoms with Crippen LogP contribution in [0.3, 0.4) is 0 Å². The first-order valence-electron chi connectivity index (χ1n) is 6.37. The summed E-state index contributed by atoms with van der Waals surface area (Å²) in [5, 5.41) is 5.73. The number of nitrogens with one attached hydrogen (secondary N) is 2. The van der Waals surface area contributed by atoms with Crippen molar-refractivity contribution < 1.29 is 17.9 Å². The smallest absolute Gasteiger partial charge is 0.407 e. The van der Waals surface area contributed by atoms with Crippen LogP contribution in [0.4, 0.5) is 4.79 Å². The number of hydrogen-bond donors (Lipinski definition) is 2. The highest BCUT2D eigenvalue weighted by Gasteiger charge is 2.15. The molecule has 0 aromatic carbocycles. The van der Waals surface area contributed by atoms with Crippen molar-refractivity contribution in [2.24, 2.45) is 0 Å². The maximum atomic E-state index is 11.3. The molecule has 0 aromatic heterocycles. The fraction of sp³-hybridized carbons (Fsp3) is 0.917. The number of ether oxygens (including phenoxy) is 1. The van der Waals surface area contributed by atoms with E-state index in [1.807, 2.05) is 6.92 Å². The van der Waals surface area contributed by atoms with Gasteiger partial charge in [0.1, 0.15) is 15.4 Å². The average molecular weight is 294 g/mol. The number of hydrogen-bond acceptors (Lipinski definition) is 5. The summed E-state index contributed by atoms with van der Waals surface area (Å²) in [6.07, 6.45) is 1.50. The summed E-state index contributed by atoms with van der Waals surface area (Å²) in [5.74, 6) is 0.118. The van der Waals surface area contributed by atoms with E-state index in [1.165, 1.54) is 6.26 Å². The van der Waals surface area contributed by atoms with Crippen molar-refractivity contribution in [2.75, 3.05) is 25.1 Å². The highest BCUT2D eigenvalue weighted by molar-refractivity contribution is 7.90. The average Bonchev–Trinajstić information content (AvgIpc) is 2.10. The fourth-order valence-electron chi connectivity index (χ4n) is 1.45. The summed E-state index contributed by atoms with van der Waals surface area (Å²) in [6.45, 7) is 8.38. The molecule has 2 N–H and O–H groups in total. The maximum Gasteiger partial charge on any atom is 0.407 e. The van der Waals surface area contributed by atoms with Crippen molar-refractivity contribution in [3.63, 3.8) is 0 Å². The summed E-state index contributed by atoms with van der Waals surface area (Å²) in [7, 11) is -2.95. The Balaban J connectivity index is 3.63. The summed E-state index contributed by atoms with van der Waals surface area (Å²) >= 11 is 0. The van der Waals surface area contributed by atoms with Gasteiger partial charge in [-0.05, 0) is 40.7 Å². The van der Waals surface area contributed by atoms with E-state index in [1.54, 1.807) is 20.8 Å². The molecule has 19 heavy (non-hydrogen) atoms. The van der Waals surface area contributed by atoms with Crippen molar-refractivity contribution in [3.8, 4) is 0 Å². The third kappa shape index (κ3) is 13.4. The molecule has 6 nitrogen and oxygen atoms in total. The van der Waals surface area contributed by atoms with E-state index in [4.69, 9.17) is 4.74 Å². The molecule has 0 aliphatic carbocycles. The van der Waals surface area contributed by atoms with Crippen molar-refractivity contribution in [1.29, 1.82) is 0 Å². The predicted octanol–water partition coefficient (Wildman–Crippen LogP) is 0.924. The van der Waals surface area contributed by atoms with E-state index in [0.29, 0.717) is 19.5 Å². The van der Waals surface area contributed by atoms with E-state index >= 15 is 0 Å². The Bertz CT molecular complexity index is 374. The molecule has 0 aliphatic heterocycles. The zero-order chi connectivity index (χ0) is 15.1. The first-order valence-corrected chi connectivity index (χ1v) is 8.43. The third-order valence-electron chi connectivity index (χ3n) is 2.07. The van der Waals surface area contributed by atoms with Gasteiger partial charge >= 0.3 is 6.09 Å². The van der Waals surface area contributed by atoms with Gasteiger partial charge in [0.15, 0.2) is 0 Å². The first-order chi connectivity index (χ1) is 8.49. The second-order valence-corrected chi connectivity index (χ2v) is 7.91. The first kappa shape index (κ1) is 18.2. The Hall–Kier alpha value is -0.820. The Labute approximate surface area is 116 Å². The van der Waals surface area contributed by atoms with Gasteiger partial charge in [0, 0.05) is 18.8 Å². The molecular formula is C12H26N2O4S. The zero-order valence-electron chi connectivity index (χ0n) is 12.4. The summed E-state index contributed by atoms with van der Waals surface area (Å²) in [4.78, 5) is 11.3. The van der Waals surface area contributed by atoms with Gasteiger partial charge in [0.05, 0.1) is 5.75 Å². The van der Waals surface area contributed by atoms with Gasteiger partial charge in [0.25, 0.3) is 0 Å². The lowest BCUT2D eigenvalue weighted by Gasteiger charge is -2.19. The third-order valence-corrected chi connectivity index (χ3v) is 3.17. The van der Waals surface area contributed by atoms with Gasteiger partial charge in [-0.3, -0.25) is 0 Å². The van der Waals surface area contributed by atoms with Crippen LogP contribution in [-0.2, 0) is 14.6 Å². The summed E-state index contributed by atoms with van der Waals surface area (Å²) in [6, 6.07) is -0.0865. The number of carbonyl (C=O) groups is 1. The minimum Gasteiger partial charge on any atom is -0.444 e. The Kier molecular flexibility index (Phi) is 7.36. The molecule has 1 amide bonds. The van der Waals surface area contributed by atoms with Gasteiger partial charge < -0.3 is 15.4 Å². The largest absolute Gasteiger partial charge is 0.444 e. The van der Waals surface area contributed by atoms with Crippen LogP contribution < -0.4 is 10.6 Å². The van der Waals surface area contributed by atoms with Crippen LogP contribution in [0.15, 0.2) is 0 Å². The molecule has 1 atom stereocenters. The molecular weight excluding hydrogens is 268 g/mol. The Morgan fingerprint density at radius 1 is 1.26 bits per heavy atom. The lowest BCUT2D eigenvalue weighted by molar-refractivity contribution is 0.0527. The number of amides is 1. The highest BCUT2D eigenvalue weighted by atomic mass is 32.2. The van der Waals surface area contributed by atoms with E-state index < -0.39 is 21.5 Å². The number of rotatable bonds is 7. The van der Waals surface area contributed by atoms with Crippen molar-refractivity contribution >= 4 is 15.9 Å². The standard InChI is InChI=1S/C12H26N2O4S/c1-10(9-19(5,16)17)13-7-6-8-14-11(15)18-12(2,3)4/h10,13H,6-9H2,1-5H3,(H,14,15). The molecule has 0 spiro atoms. The van der Waals surface area contributed by atoms with Crippen LogP contribution in [0.25, 0.3) is 0 Å². The highest BCUT2D eigenvalue weighted by Crippen LogP contribution is 2.06. The number of carbonyl (C=O) groups excluding carboxylic acids is 1. The quantitative estimate of drug-likeness (QED) is 0.682. The van der Waals surface area contributed by atoms with Gasteiger partial charge in [-0.25, -0.2) is 13.2 Å². The van der Waals surface area contributed by atoms with Crippen LogP contribution in [0.2, 0.25) is 0 Å². The summed E-state index contributed by atoms with van der Waals surface area (Å²) in [5.41, 5.74) is -0.494. The number of sulfone groups is 1. The van der Waals surface area contributed by atoms with Gasteiger partial charge in [-0.1, -0.05) is 0 Å². The maximum absolute atomic E-state index is 11.3. The van der Waals surface area contributed by atoms with E-state index in [-0.39, 0.29) is 11.8 Å². The SMILES string of the molecule is CC(CS(C)(=O)=O)NCCCNC(=O)OC(C)(C)C. The van der Waals surface area contributed by atoms with Gasteiger partial charge in [-0.15, -0.1) is 0 Å². The monoisotopic (exact) mass is 294 g/mol. The van der Waals surface area contributed by atoms with Crippen molar-refractivity contribution in [1.82, 2.24) is 10.6 Å². The fourth-order valence-corrected chi connectivity index (χ4v) is 2.48. The minimum atomic E-state index is -2.95. The van der Waals surface area contributed by atoms with Gasteiger partial charge in [-0.2, -0.15) is 0 Å². The van der Waals surface area contributed by atoms with Crippen LogP contribution in [0, 0.1) is 0 Å². The second-order valence-electron chi connectivity index (χ2n) is 5.73. The molecule has 0 heterocycles. The summed E-state index contributed by atoms with van der Waals surface area (Å²) < 4.78 is 27.2. The van der Waals surface area contributed by atoms with Crippen molar-refractivity contribution in [3.05, 3.63) is 0 Å². The Morgan fingerprint density at radius 2 is 1.84 bits per heavy atom. The van der Waals surface area contributed by atoms with Crippen LogP contribution >= 0.6 is 0 Å². The van der Waals surface area contributed by atoms with Crippen LogP contribution in [0.5, 0.6) is 0 Å². The van der Waals surface area contributed by atoms with Crippen LogP contribution in [0.1, 0.15) is 34.1 Å². The molecule has 0 saturated heterocycles. The van der Waals surface area contributed by atoms with Crippen molar-refractivity contribution in [2.45, 2.75) is 45.8 Å². The van der Waals surface area contributed by atoms with E-state index in [2.05, 4.69) is 10.6 Å². The molecule has 0 fully saturated rings. The van der Waals surface area contributed by atoms with Gasteiger partial charge in [0.2, 0.25) is 0 Å².